The second kappa shape index (κ2) is 5.59. The van der Waals surface area contributed by atoms with Crippen molar-refractivity contribution in [3.05, 3.63) is 30.6 Å². The summed E-state index contributed by atoms with van der Waals surface area (Å²) in [5.41, 5.74) is 0. The number of carbonyl (C=O) groups is 1. The van der Waals surface area contributed by atoms with Crippen LogP contribution in [-0.4, -0.2) is 33.7 Å². The summed E-state index contributed by atoms with van der Waals surface area (Å²) >= 11 is 0. The Morgan fingerprint density at radius 1 is 1.21 bits per heavy atom. The van der Waals surface area contributed by atoms with Crippen molar-refractivity contribution in [2.45, 2.75) is 32.2 Å². The van der Waals surface area contributed by atoms with Gasteiger partial charge in [0.15, 0.2) is 0 Å². The molecule has 0 N–H and O–H groups in total. The number of likely N-dealkylation sites (tertiary alicyclic amines) is 1. The molecule has 1 aliphatic heterocycles. The minimum atomic E-state index is 0.225. The van der Waals surface area contributed by atoms with Gasteiger partial charge in [-0.15, -0.1) is 0 Å². The number of aromatic nitrogens is 2. The van der Waals surface area contributed by atoms with E-state index in [0.29, 0.717) is 11.8 Å². The van der Waals surface area contributed by atoms with E-state index in [0.717, 1.165) is 45.3 Å². The van der Waals surface area contributed by atoms with Gasteiger partial charge < -0.3 is 4.90 Å². The van der Waals surface area contributed by atoms with Gasteiger partial charge in [-0.25, -0.2) is 0 Å². The van der Waals surface area contributed by atoms with Gasteiger partial charge in [0, 0.05) is 37.9 Å². The van der Waals surface area contributed by atoms with Gasteiger partial charge in [-0.3, -0.25) is 9.48 Å². The summed E-state index contributed by atoms with van der Waals surface area (Å²) in [6.07, 6.45) is 12.2. The standard InChI is InChI=1S/C15H21N3O/c19-15(14-4-1-2-5-14)17-10-6-13(7-11-17)12-18-9-3-8-16-18/h1-3,8-9,13-14H,4-7,10-12H2. The van der Waals surface area contributed by atoms with Crippen LogP contribution in [0.4, 0.5) is 0 Å². The number of amides is 1. The van der Waals surface area contributed by atoms with Crippen LogP contribution < -0.4 is 0 Å². The van der Waals surface area contributed by atoms with Gasteiger partial charge in [0.2, 0.25) is 5.91 Å². The molecule has 1 aromatic heterocycles. The highest BCUT2D eigenvalue weighted by Crippen LogP contribution is 2.24. The number of hydrogen-bond donors (Lipinski definition) is 0. The first-order valence-electron chi connectivity index (χ1n) is 7.24. The fourth-order valence-corrected chi connectivity index (χ4v) is 3.09. The highest BCUT2D eigenvalue weighted by molar-refractivity contribution is 5.79. The SMILES string of the molecule is O=C(C1CC=CC1)N1CCC(Cn2cccn2)CC1. The third kappa shape index (κ3) is 2.88. The average molecular weight is 259 g/mol. The Bertz CT molecular complexity index is 436. The summed E-state index contributed by atoms with van der Waals surface area (Å²) < 4.78 is 2.00. The van der Waals surface area contributed by atoms with Crippen molar-refractivity contribution >= 4 is 5.91 Å². The van der Waals surface area contributed by atoms with Crippen molar-refractivity contribution in [2.75, 3.05) is 13.1 Å². The number of hydrogen-bond acceptors (Lipinski definition) is 2. The van der Waals surface area contributed by atoms with Gasteiger partial charge in [-0.2, -0.15) is 5.10 Å². The molecule has 0 atom stereocenters. The highest BCUT2D eigenvalue weighted by Gasteiger charge is 2.28. The van der Waals surface area contributed by atoms with Crippen LogP contribution in [-0.2, 0) is 11.3 Å². The van der Waals surface area contributed by atoms with Crippen molar-refractivity contribution in [2.24, 2.45) is 11.8 Å². The zero-order valence-corrected chi connectivity index (χ0v) is 11.2. The van der Waals surface area contributed by atoms with Crippen LogP contribution in [0.3, 0.4) is 0 Å². The van der Waals surface area contributed by atoms with Gasteiger partial charge in [-0.05, 0) is 37.7 Å². The van der Waals surface area contributed by atoms with Crippen LogP contribution in [0.5, 0.6) is 0 Å². The van der Waals surface area contributed by atoms with E-state index in [1.54, 1.807) is 0 Å². The van der Waals surface area contributed by atoms with Crippen LogP contribution >= 0.6 is 0 Å². The van der Waals surface area contributed by atoms with Gasteiger partial charge in [0.05, 0.1) is 0 Å². The quantitative estimate of drug-likeness (QED) is 0.780. The maximum absolute atomic E-state index is 12.3. The molecule has 0 radical (unpaired) electrons. The Morgan fingerprint density at radius 2 is 1.95 bits per heavy atom. The first-order valence-corrected chi connectivity index (χ1v) is 7.24. The van der Waals surface area contributed by atoms with E-state index in [2.05, 4.69) is 22.2 Å². The zero-order chi connectivity index (χ0) is 13.1. The summed E-state index contributed by atoms with van der Waals surface area (Å²) in [4.78, 5) is 14.4. The van der Waals surface area contributed by atoms with Crippen LogP contribution in [0.15, 0.2) is 30.6 Å². The molecule has 19 heavy (non-hydrogen) atoms. The summed E-state index contributed by atoms with van der Waals surface area (Å²) in [6, 6.07) is 1.96. The fourth-order valence-electron chi connectivity index (χ4n) is 3.09. The Labute approximate surface area is 114 Å². The molecule has 1 fully saturated rings. The van der Waals surface area contributed by atoms with Gasteiger partial charge in [0.25, 0.3) is 0 Å². The molecular formula is C15H21N3O. The molecule has 4 nitrogen and oxygen atoms in total. The molecule has 0 spiro atoms. The van der Waals surface area contributed by atoms with Crippen molar-refractivity contribution in [3.8, 4) is 0 Å². The maximum Gasteiger partial charge on any atom is 0.226 e. The molecule has 3 rings (SSSR count). The van der Waals surface area contributed by atoms with Crippen LogP contribution in [0.25, 0.3) is 0 Å². The molecule has 2 heterocycles. The lowest BCUT2D eigenvalue weighted by molar-refractivity contribution is -0.136. The molecule has 4 heteroatoms. The van der Waals surface area contributed by atoms with E-state index in [1.165, 1.54) is 0 Å². The van der Waals surface area contributed by atoms with Gasteiger partial charge >= 0.3 is 0 Å². The normalized spacial score (nSPS) is 21.2. The van der Waals surface area contributed by atoms with Gasteiger partial charge in [-0.1, -0.05) is 12.2 Å². The minimum Gasteiger partial charge on any atom is -0.342 e. The second-order valence-corrected chi connectivity index (χ2v) is 5.64. The first kappa shape index (κ1) is 12.5. The number of piperidine rings is 1. The number of allylic oxidation sites excluding steroid dienone is 2. The van der Waals surface area contributed by atoms with E-state index in [9.17, 15) is 4.79 Å². The zero-order valence-electron chi connectivity index (χ0n) is 11.2. The summed E-state index contributed by atoms with van der Waals surface area (Å²) in [7, 11) is 0. The average Bonchev–Trinajstić information content (AvgIpc) is 3.12. The number of carbonyl (C=O) groups excluding carboxylic acids is 1. The van der Waals surface area contributed by atoms with Crippen molar-refractivity contribution in [3.63, 3.8) is 0 Å². The second-order valence-electron chi connectivity index (χ2n) is 5.64. The van der Waals surface area contributed by atoms with Crippen molar-refractivity contribution in [1.29, 1.82) is 0 Å². The minimum absolute atomic E-state index is 0.225. The maximum atomic E-state index is 12.3. The molecule has 1 saturated heterocycles. The molecule has 0 aromatic carbocycles. The molecule has 0 unspecified atom stereocenters. The smallest absolute Gasteiger partial charge is 0.226 e. The van der Waals surface area contributed by atoms with E-state index >= 15 is 0 Å². The number of nitrogens with zero attached hydrogens (tertiary/aromatic N) is 3. The van der Waals surface area contributed by atoms with E-state index in [-0.39, 0.29) is 5.92 Å². The Kier molecular flexibility index (Phi) is 3.67. The molecule has 1 amide bonds. The van der Waals surface area contributed by atoms with Crippen molar-refractivity contribution in [1.82, 2.24) is 14.7 Å². The molecule has 2 aliphatic rings. The lowest BCUT2D eigenvalue weighted by Gasteiger charge is -2.33. The monoisotopic (exact) mass is 259 g/mol. The largest absolute Gasteiger partial charge is 0.342 e. The predicted octanol–water partition coefficient (Wildman–Crippen LogP) is 2.09. The summed E-state index contributed by atoms with van der Waals surface area (Å²) in [6.45, 7) is 2.82. The first-order chi connectivity index (χ1) is 9.33. The molecular weight excluding hydrogens is 238 g/mol. The van der Waals surface area contributed by atoms with Crippen LogP contribution in [0.2, 0.25) is 0 Å². The van der Waals surface area contributed by atoms with Crippen molar-refractivity contribution < 1.29 is 4.79 Å². The third-order valence-corrected chi connectivity index (χ3v) is 4.29. The lowest BCUT2D eigenvalue weighted by atomic mass is 9.95. The Hall–Kier alpha value is -1.58. The van der Waals surface area contributed by atoms with E-state index < -0.39 is 0 Å². The third-order valence-electron chi connectivity index (χ3n) is 4.29. The highest BCUT2D eigenvalue weighted by atomic mass is 16.2. The Balaban J connectivity index is 1.47. The topological polar surface area (TPSA) is 38.1 Å². The molecule has 0 saturated carbocycles. The summed E-state index contributed by atoms with van der Waals surface area (Å²) in [5.74, 6) is 1.25. The molecule has 0 bridgehead atoms. The number of rotatable bonds is 3. The van der Waals surface area contributed by atoms with E-state index in [1.807, 2.05) is 23.1 Å². The molecule has 102 valence electrons. The molecule has 1 aromatic rings. The van der Waals surface area contributed by atoms with Crippen LogP contribution in [0, 0.1) is 11.8 Å². The van der Waals surface area contributed by atoms with Gasteiger partial charge in [0.1, 0.15) is 0 Å². The summed E-state index contributed by atoms with van der Waals surface area (Å²) in [5, 5.41) is 4.26. The predicted molar refractivity (Wildman–Crippen MR) is 73.4 cm³/mol. The Morgan fingerprint density at radius 3 is 2.58 bits per heavy atom. The molecule has 1 aliphatic carbocycles. The lowest BCUT2D eigenvalue weighted by Crippen LogP contribution is -2.42. The van der Waals surface area contributed by atoms with E-state index in [4.69, 9.17) is 0 Å². The van der Waals surface area contributed by atoms with Crippen LogP contribution in [0.1, 0.15) is 25.7 Å². The fraction of sp³-hybridized carbons (Fsp3) is 0.600.